The maximum Gasteiger partial charge on any atom is 0.331 e. The molecule has 1 N–H and O–H groups in total. The zero-order valence-corrected chi connectivity index (χ0v) is 10.4. The summed E-state index contributed by atoms with van der Waals surface area (Å²) in [6.07, 6.45) is 0.165. The number of carboxylic acids is 1. The molecule has 2 unspecified atom stereocenters. The van der Waals surface area contributed by atoms with Crippen molar-refractivity contribution in [3.63, 3.8) is 0 Å². The Balaban J connectivity index is 5.46. The minimum absolute atomic E-state index is 0.165. The lowest BCUT2D eigenvalue weighted by atomic mass is 10.2. The van der Waals surface area contributed by atoms with Gasteiger partial charge in [0.05, 0.1) is 6.61 Å². The Labute approximate surface area is 90.5 Å². The molecular formula is C10H17O4P. The topological polar surface area (TPSA) is 63.6 Å². The first-order valence-electron chi connectivity index (χ1n) is 4.79. The molecule has 0 aliphatic heterocycles. The van der Waals surface area contributed by atoms with E-state index in [0.29, 0.717) is 0 Å². The van der Waals surface area contributed by atoms with Gasteiger partial charge in [-0.2, -0.15) is 0 Å². The minimum atomic E-state index is -3.27. The second-order valence-electron chi connectivity index (χ2n) is 3.16. The van der Waals surface area contributed by atoms with Crippen LogP contribution in [0.5, 0.6) is 0 Å². The lowest BCUT2D eigenvalue weighted by Gasteiger charge is -2.28. The van der Waals surface area contributed by atoms with Crippen molar-refractivity contribution in [1.82, 2.24) is 0 Å². The molecule has 0 aromatic carbocycles. The van der Waals surface area contributed by atoms with Gasteiger partial charge in [0.1, 0.15) is 0 Å². The summed E-state index contributed by atoms with van der Waals surface area (Å²) in [5.74, 6) is 3.80. The Hall–Kier alpha value is -0.780. The van der Waals surface area contributed by atoms with Crippen LogP contribution in [0.2, 0.25) is 0 Å². The number of hydrogen-bond donors (Lipinski definition) is 1. The molecule has 4 nitrogen and oxygen atoms in total. The van der Waals surface area contributed by atoms with Crippen molar-refractivity contribution in [2.45, 2.75) is 32.9 Å². The van der Waals surface area contributed by atoms with Crippen LogP contribution in [-0.4, -0.2) is 29.0 Å². The molecule has 0 bridgehead atoms. The van der Waals surface area contributed by atoms with Crippen LogP contribution < -0.4 is 0 Å². The minimum Gasteiger partial charge on any atom is -0.480 e. The third-order valence-electron chi connectivity index (χ3n) is 2.22. The fraction of sp³-hybridized carbons (Fsp3) is 0.700. The van der Waals surface area contributed by atoms with Crippen molar-refractivity contribution >= 4 is 13.3 Å². The maximum absolute atomic E-state index is 12.3. The average Bonchev–Trinajstić information content (AvgIpc) is 2.17. The number of hydrogen-bond acceptors (Lipinski definition) is 3. The Morgan fingerprint density at radius 3 is 2.33 bits per heavy atom. The summed E-state index contributed by atoms with van der Waals surface area (Å²) in [7, 11) is -3.27. The highest BCUT2D eigenvalue weighted by Gasteiger charge is 2.49. The molecule has 5 heteroatoms. The smallest absolute Gasteiger partial charge is 0.331 e. The van der Waals surface area contributed by atoms with Crippen molar-refractivity contribution in [2.75, 3.05) is 12.8 Å². The van der Waals surface area contributed by atoms with Gasteiger partial charge in [0.2, 0.25) is 12.5 Å². The van der Waals surface area contributed by atoms with E-state index in [1.165, 1.54) is 13.8 Å². The van der Waals surface area contributed by atoms with Gasteiger partial charge in [-0.1, -0.05) is 12.8 Å². The Kier molecular flexibility index (Phi) is 5.07. The number of aliphatic carboxylic acids is 1. The van der Waals surface area contributed by atoms with Gasteiger partial charge in [-0.25, -0.2) is 4.79 Å². The summed E-state index contributed by atoms with van der Waals surface area (Å²) in [6, 6.07) is 0. The van der Waals surface area contributed by atoms with Crippen molar-refractivity contribution in [3.8, 4) is 11.8 Å². The van der Waals surface area contributed by atoms with Crippen LogP contribution >= 0.6 is 7.37 Å². The monoisotopic (exact) mass is 232 g/mol. The first-order chi connectivity index (χ1) is 6.88. The first-order valence-corrected chi connectivity index (χ1v) is 6.60. The molecule has 0 amide bonds. The van der Waals surface area contributed by atoms with Crippen molar-refractivity contribution in [2.24, 2.45) is 0 Å². The van der Waals surface area contributed by atoms with Crippen LogP contribution in [-0.2, 0) is 13.9 Å². The number of carboxylic acid groups (broad SMARTS) is 1. The molecule has 0 aromatic rings. The second-order valence-corrected chi connectivity index (χ2v) is 6.29. The van der Waals surface area contributed by atoms with E-state index in [-0.39, 0.29) is 12.8 Å². The molecule has 86 valence electrons. The fourth-order valence-corrected chi connectivity index (χ4v) is 3.34. The number of carbonyl (C=O) groups is 1. The molecule has 0 saturated carbocycles. The molecule has 15 heavy (non-hydrogen) atoms. The van der Waals surface area contributed by atoms with Crippen molar-refractivity contribution in [1.29, 1.82) is 0 Å². The van der Waals surface area contributed by atoms with Crippen LogP contribution in [0.25, 0.3) is 0 Å². The molecule has 0 radical (unpaired) electrons. The average molecular weight is 232 g/mol. The summed E-state index contributed by atoms with van der Waals surface area (Å²) in [6.45, 7) is 6.43. The summed E-state index contributed by atoms with van der Waals surface area (Å²) >= 11 is 0. The summed E-state index contributed by atoms with van der Waals surface area (Å²) in [5.41, 5.74) is 0. The Morgan fingerprint density at radius 2 is 2.07 bits per heavy atom. The van der Waals surface area contributed by atoms with Gasteiger partial charge in [0.15, 0.2) is 0 Å². The van der Waals surface area contributed by atoms with E-state index >= 15 is 0 Å². The van der Waals surface area contributed by atoms with Crippen LogP contribution in [0, 0.1) is 11.8 Å². The van der Waals surface area contributed by atoms with E-state index in [1.807, 2.05) is 0 Å². The van der Waals surface area contributed by atoms with E-state index < -0.39 is 18.5 Å². The maximum atomic E-state index is 12.3. The van der Waals surface area contributed by atoms with Crippen LogP contribution in [0.1, 0.15) is 27.7 Å². The zero-order chi connectivity index (χ0) is 12.1. The van der Waals surface area contributed by atoms with E-state index in [9.17, 15) is 9.36 Å². The molecule has 0 spiro atoms. The highest BCUT2D eigenvalue weighted by Crippen LogP contribution is 2.58. The standard InChI is InChI=1S/C10H17O4P/c1-5-8-10(4,9(11)12)15(13,7-3)14-6-2/h6-7H2,1-4H3,(H,11,12). The van der Waals surface area contributed by atoms with E-state index in [0.717, 1.165) is 0 Å². The Bertz CT molecular complexity index is 339. The zero-order valence-electron chi connectivity index (χ0n) is 9.53. The molecule has 0 heterocycles. The quantitative estimate of drug-likeness (QED) is 0.583. The van der Waals surface area contributed by atoms with E-state index in [2.05, 4.69) is 11.8 Å². The van der Waals surface area contributed by atoms with Gasteiger partial charge in [-0.05, 0) is 20.8 Å². The fourth-order valence-electron chi connectivity index (χ4n) is 1.27. The second kappa shape index (κ2) is 5.34. The van der Waals surface area contributed by atoms with Gasteiger partial charge in [-0.3, -0.25) is 4.57 Å². The molecule has 2 atom stereocenters. The van der Waals surface area contributed by atoms with Gasteiger partial charge >= 0.3 is 5.97 Å². The predicted molar refractivity (Wildman–Crippen MR) is 59.3 cm³/mol. The highest BCUT2D eigenvalue weighted by atomic mass is 31.2. The molecule has 0 aliphatic rings. The third kappa shape index (κ3) is 2.62. The molecule has 0 aliphatic carbocycles. The first kappa shape index (κ1) is 14.2. The van der Waals surface area contributed by atoms with Crippen LogP contribution in [0.4, 0.5) is 0 Å². The molecule has 0 rings (SSSR count). The summed E-state index contributed by atoms with van der Waals surface area (Å²) in [5, 5.41) is 7.50. The predicted octanol–water partition coefficient (Wildman–Crippen LogP) is 2.19. The summed E-state index contributed by atoms with van der Waals surface area (Å²) in [4.78, 5) is 11.1. The van der Waals surface area contributed by atoms with Gasteiger partial charge in [0.25, 0.3) is 0 Å². The van der Waals surface area contributed by atoms with E-state index in [4.69, 9.17) is 9.63 Å². The van der Waals surface area contributed by atoms with Crippen LogP contribution in [0.3, 0.4) is 0 Å². The number of rotatable bonds is 5. The third-order valence-corrected chi connectivity index (χ3v) is 5.39. The lowest BCUT2D eigenvalue weighted by molar-refractivity contribution is -0.138. The highest BCUT2D eigenvalue weighted by molar-refractivity contribution is 7.62. The van der Waals surface area contributed by atoms with Gasteiger partial charge < -0.3 is 9.63 Å². The largest absolute Gasteiger partial charge is 0.480 e. The molecular weight excluding hydrogens is 215 g/mol. The molecule has 0 fully saturated rings. The Morgan fingerprint density at radius 1 is 1.53 bits per heavy atom. The molecule has 0 saturated heterocycles. The SMILES string of the molecule is CC#CC(C)(C(=O)O)P(=O)(CC)OCC. The van der Waals surface area contributed by atoms with Crippen molar-refractivity contribution in [3.05, 3.63) is 0 Å². The summed E-state index contributed by atoms with van der Waals surface area (Å²) < 4.78 is 17.5. The van der Waals surface area contributed by atoms with Gasteiger partial charge in [0, 0.05) is 6.16 Å². The van der Waals surface area contributed by atoms with Crippen LogP contribution in [0.15, 0.2) is 0 Å². The normalized spacial score (nSPS) is 18.1. The van der Waals surface area contributed by atoms with E-state index in [1.54, 1.807) is 13.8 Å². The van der Waals surface area contributed by atoms with Crippen molar-refractivity contribution < 1.29 is 19.0 Å². The van der Waals surface area contributed by atoms with Gasteiger partial charge in [-0.15, -0.1) is 5.92 Å². The lowest BCUT2D eigenvalue weighted by Crippen LogP contribution is -2.35. The molecule has 0 aromatic heterocycles.